The standard InChI is InChI=1S/C20H32O/c1-16-8-6-9-17(2)12-14-19(13-11-16)18(3)10-7-15-20(4,5)21/h7-8,10,12,15,19,21H,6,9,11,13-14H2,1-5H3/b15-7+,16-8+,17-12?,18-10+/t19-/m0/s1. The van der Waals surface area contributed by atoms with Gasteiger partial charge >= 0.3 is 0 Å². The van der Waals surface area contributed by atoms with Gasteiger partial charge in [-0.25, -0.2) is 0 Å². The van der Waals surface area contributed by atoms with Gasteiger partial charge in [0.2, 0.25) is 0 Å². The van der Waals surface area contributed by atoms with Crippen molar-refractivity contribution in [1.82, 2.24) is 0 Å². The lowest BCUT2D eigenvalue weighted by atomic mass is 9.88. The molecule has 0 aliphatic heterocycles. The lowest BCUT2D eigenvalue weighted by Gasteiger charge is -2.18. The normalized spacial score (nSPS) is 25.4. The van der Waals surface area contributed by atoms with E-state index in [4.69, 9.17) is 0 Å². The number of hydrogen-bond acceptors (Lipinski definition) is 1. The molecule has 0 bridgehead atoms. The van der Waals surface area contributed by atoms with Gasteiger partial charge in [0.15, 0.2) is 0 Å². The summed E-state index contributed by atoms with van der Waals surface area (Å²) in [5.41, 5.74) is 3.70. The first-order chi connectivity index (χ1) is 9.78. The van der Waals surface area contributed by atoms with E-state index >= 15 is 0 Å². The van der Waals surface area contributed by atoms with Gasteiger partial charge in [-0.2, -0.15) is 0 Å². The van der Waals surface area contributed by atoms with Crippen LogP contribution in [0.1, 0.15) is 66.7 Å². The van der Waals surface area contributed by atoms with E-state index in [0.717, 1.165) is 6.42 Å². The third-order valence-corrected chi connectivity index (χ3v) is 4.18. The molecule has 1 aliphatic carbocycles. The Morgan fingerprint density at radius 1 is 1.19 bits per heavy atom. The van der Waals surface area contributed by atoms with Crippen molar-refractivity contribution >= 4 is 0 Å². The molecule has 0 spiro atoms. The molecular weight excluding hydrogens is 256 g/mol. The largest absolute Gasteiger partial charge is 0.386 e. The van der Waals surface area contributed by atoms with E-state index in [-0.39, 0.29) is 0 Å². The first-order valence-corrected chi connectivity index (χ1v) is 8.17. The third-order valence-electron chi connectivity index (χ3n) is 4.18. The minimum absolute atomic E-state index is 0.604. The fourth-order valence-electron chi connectivity index (χ4n) is 2.60. The van der Waals surface area contributed by atoms with Crippen LogP contribution in [0.5, 0.6) is 0 Å². The predicted octanol–water partition coefficient (Wildman–Crippen LogP) is 5.73. The average Bonchev–Trinajstić information content (AvgIpc) is 2.36. The number of allylic oxidation sites excluding steroid dienone is 7. The molecule has 21 heavy (non-hydrogen) atoms. The summed E-state index contributed by atoms with van der Waals surface area (Å²) >= 11 is 0. The van der Waals surface area contributed by atoms with E-state index in [9.17, 15) is 5.11 Å². The molecule has 0 aromatic rings. The highest BCUT2D eigenvalue weighted by Crippen LogP contribution is 2.26. The molecule has 1 atom stereocenters. The Kier molecular flexibility index (Phi) is 7.17. The first kappa shape index (κ1) is 18.0. The van der Waals surface area contributed by atoms with Crippen LogP contribution in [-0.2, 0) is 0 Å². The Morgan fingerprint density at radius 2 is 1.86 bits per heavy atom. The van der Waals surface area contributed by atoms with Gasteiger partial charge in [-0.05, 0) is 72.6 Å². The van der Waals surface area contributed by atoms with Crippen molar-refractivity contribution in [3.63, 3.8) is 0 Å². The molecule has 0 aromatic heterocycles. The summed E-state index contributed by atoms with van der Waals surface area (Å²) in [5.74, 6) is 0.604. The van der Waals surface area contributed by atoms with Crippen LogP contribution in [0.15, 0.2) is 47.1 Å². The smallest absolute Gasteiger partial charge is 0.0774 e. The summed E-state index contributed by atoms with van der Waals surface area (Å²) < 4.78 is 0. The zero-order valence-electron chi connectivity index (χ0n) is 14.4. The quantitative estimate of drug-likeness (QED) is 0.519. The molecule has 0 aromatic carbocycles. The van der Waals surface area contributed by atoms with Crippen LogP contribution in [0.2, 0.25) is 0 Å². The number of rotatable bonds is 3. The van der Waals surface area contributed by atoms with Crippen molar-refractivity contribution in [1.29, 1.82) is 0 Å². The van der Waals surface area contributed by atoms with Crippen LogP contribution in [0.4, 0.5) is 0 Å². The van der Waals surface area contributed by atoms with Crippen LogP contribution in [-0.4, -0.2) is 10.7 Å². The molecule has 0 heterocycles. The Hall–Kier alpha value is -1.08. The highest BCUT2D eigenvalue weighted by Gasteiger charge is 2.11. The van der Waals surface area contributed by atoms with Crippen molar-refractivity contribution in [2.45, 2.75) is 72.3 Å². The second-order valence-corrected chi connectivity index (χ2v) is 7.03. The van der Waals surface area contributed by atoms with Crippen molar-refractivity contribution in [2.24, 2.45) is 5.92 Å². The SMILES string of the molecule is CC1=CC[C@@H](/C(C)=C/C=C/C(C)(C)O)CC/C(C)=C/CC1. The Balaban J connectivity index is 2.79. The molecular formula is C20H32O. The predicted molar refractivity (Wildman–Crippen MR) is 93.3 cm³/mol. The molecule has 1 nitrogen and oxygen atoms in total. The lowest BCUT2D eigenvalue weighted by molar-refractivity contribution is 0.133. The highest BCUT2D eigenvalue weighted by molar-refractivity contribution is 5.18. The second kappa shape index (κ2) is 8.38. The van der Waals surface area contributed by atoms with Crippen LogP contribution in [0.25, 0.3) is 0 Å². The van der Waals surface area contributed by atoms with Gasteiger partial charge in [0.1, 0.15) is 0 Å². The molecule has 1 heteroatoms. The van der Waals surface area contributed by atoms with Crippen molar-refractivity contribution in [3.05, 3.63) is 47.1 Å². The van der Waals surface area contributed by atoms with Crippen LogP contribution < -0.4 is 0 Å². The topological polar surface area (TPSA) is 20.2 Å². The zero-order chi connectivity index (χ0) is 15.9. The molecule has 118 valence electrons. The van der Waals surface area contributed by atoms with Crippen molar-refractivity contribution < 1.29 is 5.11 Å². The summed E-state index contributed by atoms with van der Waals surface area (Å²) in [6.45, 7) is 10.3. The average molecular weight is 288 g/mol. The second-order valence-electron chi connectivity index (χ2n) is 7.03. The third kappa shape index (κ3) is 8.06. The molecule has 0 saturated carbocycles. The minimum atomic E-state index is -0.733. The zero-order valence-corrected chi connectivity index (χ0v) is 14.4. The Morgan fingerprint density at radius 3 is 2.52 bits per heavy atom. The van der Waals surface area contributed by atoms with Gasteiger partial charge in [0, 0.05) is 0 Å². The van der Waals surface area contributed by atoms with Gasteiger partial charge in [-0.1, -0.05) is 47.1 Å². The molecule has 0 fully saturated rings. The summed E-state index contributed by atoms with van der Waals surface area (Å²) in [6.07, 6.45) is 16.7. The Labute approximate surface area is 131 Å². The maximum Gasteiger partial charge on any atom is 0.0774 e. The summed E-state index contributed by atoms with van der Waals surface area (Å²) in [7, 11) is 0. The molecule has 1 N–H and O–H groups in total. The Bertz CT molecular complexity index is 441. The molecule has 1 aliphatic rings. The van der Waals surface area contributed by atoms with Gasteiger partial charge in [-0.3, -0.25) is 0 Å². The van der Waals surface area contributed by atoms with E-state index in [1.165, 1.54) is 42.4 Å². The molecule has 0 unspecified atom stereocenters. The van der Waals surface area contributed by atoms with E-state index in [0.29, 0.717) is 5.92 Å². The molecule has 1 rings (SSSR count). The van der Waals surface area contributed by atoms with E-state index in [1.807, 2.05) is 12.2 Å². The van der Waals surface area contributed by atoms with E-state index < -0.39 is 5.60 Å². The maximum atomic E-state index is 9.73. The molecule has 0 amide bonds. The van der Waals surface area contributed by atoms with Crippen molar-refractivity contribution in [3.8, 4) is 0 Å². The summed E-state index contributed by atoms with van der Waals surface area (Å²) in [5, 5.41) is 9.73. The van der Waals surface area contributed by atoms with Gasteiger partial charge in [0.25, 0.3) is 0 Å². The number of aliphatic hydroxyl groups is 1. The fraction of sp³-hybridized carbons (Fsp3) is 0.600. The van der Waals surface area contributed by atoms with Gasteiger partial charge in [0.05, 0.1) is 5.60 Å². The van der Waals surface area contributed by atoms with Gasteiger partial charge < -0.3 is 5.11 Å². The molecule has 0 saturated heterocycles. The molecule has 0 radical (unpaired) electrons. The number of hydrogen-bond donors (Lipinski definition) is 1. The summed E-state index contributed by atoms with van der Waals surface area (Å²) in [6, 6.07) is 0. The van der Waals surface area contributed by atoms with Crippen LogP contribution >= 0.6 is 0 Å². The monoisotopic (exact) mass is 288 g/mol. The van der Waals surface area contributed by atoms with E-state index in [2.05, 4.69) is 39.0 Å². The first-order valence-electron chi connectivity index (χ1n) is 8.17. The fourth-order valence-corrected chi connectivity index (χ4v) is 2.60. The van der Waals surface area contributed by atoms with Gasteiger partial charge in [-0.15, -0.1) is 0 Å². The van der Waals surface area contributed by atoms with Crippen LogP contribution in [0.3, 0.4) is 0 Å². The van der Waals surface area contributed by atoms with E-state index in [1.54, 1.807) is 13.8 Å². The maximum absolute atomic E-state index is 9.73. The highest BCUT2D eigenvalue weighted by atomic mass is 16.3. The lowest BCUT2D eigenvalue weighted by Crippen LogP contribution is -2.13. The minimum Gasteiger partial charge on any atom is -0.386 e. The van der Waals surface area contributed by atoms with Crippen molar-refractivity contribution in [2.75, 3.05) is 0 Å². The van der Waals surface area contributed by atoms with Crippen LogP contribution in [0, 0.1) is 5.92 Å². The summed E-state index contributed by atoms with van der Waals surface area (Å²) in [4.78, 5) is 0.